The number of hydrogen-bond donors (Lipinski definition) is 2. The number of benzene rings is 1. The number of carbonyl (C=O) groups is 1. The van der Waals surface area contributed by atoms with Gasteiger partial charge >= 0.3 is 6.09 Å². The third kappa shape index (κ3) is 4.57. The molecule has 1 amide bonds. The van der Waals surface area contributed by atoms with Crippen LogP contribution in [0.2, 0.25) is 19.6 Å². The van der Waals surface area contributed by atoms with Crippen molar-refractivity contribution in [1.29, 1.82) is 0 Å². The van der Waals surface area contributed by atoms with Gasteiger partial charge in [0.25, 0.3) is 0 Å². The minimum atomic E-state index is -3.20. The van der Waals surface area contributed by atoms with Crippen LogP contribution in [0.25, 0.3) is 0 Å². The molecule has 0 bridgehead atoms. The number of alkyl halides is 1. The maximum absolute atomic E-state index is 14.9. The van der Waals surface area contributed by atoms with Crippen LogP contribution in [-0.4, -0.2) is 53.5 Å². The van der Waals surface area contributed by atoms with Crippen LogP contribution >= 0.6 is 0 Å². The Morgan fingerprint density at radius 3 is 2.53 bits per heavy atom. The summed E-state index contributed by atoms with van der Waals surface area (Å²) in [4.78, 5) is 15.6. The van der Waals surface area contributed by atoms with Crippen LogP contribution in [0.3, 0.4) is 0 Å². The monoisotopic (exact) mass is 455 g/mol. The lowest BCUT2D eigenvalue weighted by Crippen LogP contribution is -2.58. The summed E-state index contributed by atoms with van der Waals surface area (Å²) in [5, 5.41) is 11.3. The fourth-order valence-electron chi connectivity index (χ4n) is 3.11. The summed E-state index contributed by atoms with van der Waals surface area (Å²) < 4.78 is 45.7. The van der Waals surface area contributed by atoms with Crippen molar-refractivity contribution >= 4 is 29.7 Å². The van der Waals surface area contributed by atoms with E-state index in [1.54, 1.807) is 0 Å². The maximum Gasteiger partial charge on any atom is 0.410 e. The van der Waals surface area contributed by atoms with Crippen molar-refractivity contribution in [2.75, 3.05) is 19.5 Å². The lowest BCUT2D eigenvalue weighted by atomic mass is 9.91. The van der Waals surface area contributed by atoms with E-state index in [0.29, 0.717) is 5.56 Å². The molecule has 0 aromatic heterocycles. The van der Waals surface area contributed by atoms with Crippen molar-refractivity contribution < 1.29 is 22.9 Å². The molecule has 10 heteroatoms. The first-order chi connectivity index (χ1) is 13.7. The number of nitrogens with zero attached hydrogens (tertiary/aromatic N) is 2. The van der Waals surface area contributed by atoms with Gasteiger partial charge in [0.05, 0.1) is 15.5 Å². The second-order valence-corrected chi connectivity index (χ2v) is 16.4. The lowest BCUT2D eigenvalue weighted by Gasteiger charge is -2.41. The normalized spacial score (nSPS) is 25.5. The molecular weight excluding hydrogens is 428 g/mol. The van der Waals surface area contributed by atoms with Crippen LogP contribution < -0.4 is 5.32 Å². The SMILES string of the molecule is CN=[S@]1(=O)C[C@@](CF)(c2cc(C#C[Si](C)(C)C)ccc2F)N=C(NC(=O)O)C1(C)C. The summed E-state index contributed by atoms with van der Waals surface area (Å²) in [5.74, 6) is 1.66. The summed E-state index contributed by atoms with van der Waals surface area (Å²) >= 11 is 0. The number of rotatable bonds is 2. The molecule has 0 radical (unpaired) electrons. The quantitative estimate of drug-likeness (QED) is 0.525. The molecule has 1 aliphatic heterocycles. The van der Waals surface area contributed by atoms with Gasteiger partial charge in [0.2, 0.25) is 0 Å². The van der Waals surface area contributed by atoms with E-state index in [9.17, 15) is 22.9 Å². The van der Waals surface area contributed by atoms with E-state index in [1.165, 1.54) is 39.1 Å². The number of carboxylic acid groups (broad SMARTS) is 1. The van der Waals surface area contributed by atoms with Gasteiger partial charge in [0.15, 0.2) is 0 Å². The molecule has 1 heterocycles. The number of amides is 1. The van der Waals surface area contributed by atoms with Crippen LogP contribution in [0.5, 0.6) is 0 Å². The van der Waals surface area contributed by atoms with Crippen molar-refractivity contribution in [2.24, 2.45) is 9.36 Å². The first kappa shape index (κ1) is 24.0. The predicted octanol–water partition coefficient (Wildman–Crippen LogP) is 3.78. The highest BCUT2D eigenvalue weighted by Gasteiger charge is 2.51. The maximum atomic E-state index is 14.9. The Kier molecular flexibility index (Phi) is 6.50. The Morgan fingerprint density at radius 1 is 1.40 bits per heavy atom. The molecule has 1 aromatic carbocycles. The largest absolute Gasteiger partial charge is 0.465 e. The van der Waals surface area contributed by atoms with Gasteiger partial charge in [-0.1, -0.05) is 25.6 Å². The number of nitrogens with one attached hydrogen (secondary N) is 1. The van der Waals surface area contributed by atoms with Crippen molar-refractivity contribution in [3.8, 4) is 11.5 Å². The first-order valence-electron chi connectivity index (χ1n) is 9.32. The average molecular weight is 456 g/mol. The van der Waals surface area contributed by atoms with Crippen LogP contribution in [0.4, 0.5) is 13.6 Å². The van der Waals surface area contributed by atoms with E-state index in [1.807, 2.05) is 0 Å². The Hall–Kier alpha value is -2.25. The summed E-state index contributed by atoms with van der Waals surface area (Å²) in [6, 6.07) is 4.06. The fourth-order valence-corrected chi connectivity index (χ4v) is 5.92. The molecule has 30 heavy (non-hydrogen) atoms. The zero-order valence-electron chi connectivity index (χ0n) is 18.0. The lowest BCUT2D eigenvalue weighted by molar-refractivity contribution is 0.199. The minimum absolute atomic E-state index is 0.121. The summed E-state index contributed by atoms with van der Waals surface area (Å²) in [7, 11) is -3.59. The summed E-state index contributed by atoms with van der Waals surface area (Å²) in [6.45, 7) is 8.04. The summed E-state index contributed by atoms with van der Waals surface area (Å²) in [6.07, 6.45) is -1.44. The molecule has 0 spiro atoms. The minimum Gasteiger partial charge on any atom is -0.465 e. The average Bonchev–Trinajstić information content (AvgIpc) is 2.64. The van der Waals surface area contributed by atoms with E-state index in [0.717, 1.165) is 0 Å². The second kappa shape index (κ2) is 8.11. The highest BCUT2D eigenvalue weighted by atomic mass is 32.2. The first-order valence-corrected chi connectivity index (χ1v) is 14.5. The molecule has 0 fully saturated rings. The van der Waals surface area contributed by atoms with Gasteiger partial charge < -0.3 is 5.11 Å². The topological polar surface area (TPSA) is 91.1 Å². The van der Waals surface area contributed by atoms with E-state index >= 15 is 0 Å². The van der Waals surface area contributed by atoms with Crippen molar-refractivity contribution in [3.05, 3.63) is 35.1 Å². The van der Waals surface area contributed by atoms with E-state index < -0.39 is 46.7 Å². The predicted molar refractivity (Wildman–Crippen MR) is 118 cm³/mol. The third-order valence-corrected chi connectivity index (χ3v) is 9.04. The standard InChI is InChI=1S/C20H27F2N3O3SSi/c1-19(2)17(24-18(26)27)25-20(12-21,13-29(19,28)23-3)15-11-14(7-8-16(15)22)9-10-30(4,5)6/h7-8,11H,12-13H2,1-6H3,(H,24,25)(H,26,27)/t20-,29-/m0/s1. The van der Waals surface area contributed by atoms with E-state index in [2.05, 4.69) is 45.8 Å². The second-order valence-electron chi connectivity index (χ2n) is 8.73. The Bertz CT molecular complexity index is 1080. The Labute approximate surface area is 177 Å². The van der Waals surface area contributed by atoms with Crippen molar-refractivity contribution in [1.82, 2.24) is 5.32 Å². The van der Waals surface area contributed by atoms with Gasteiger partial charge in [-0.25, -0.2) is 22.1 Å². The Balaban J connectivity index is 2.80. The molecular formula is C20H27F2N3O3SSi. The van der Waals surface area contributed by atoms with Gasteiger partial charge in [0, 0.05) is 18.2 Å². The number of hydrogen-bond acceptors (Lipinski definition) is 4. The fraction of sp³-hybridized carbons (Fsp3) is 0.500. The van der Waals surface area contributed by atoms with Crippen LogP contribution in [0, 0.1) is 17.3 Å². The zero-order valence-corrected chi connectivity index (χ0v) is 19.8. The van der Waals surface area contributed by atoms with Crippen molar-refractivity contribution in [3.63, 3.8) is 0 Å². The molecule has 0 saturated heterocycles. The molecule has 1 aromatic rings. The molecule has 2 rings (SSSR count). The van der Waals surface area contributed by atoms with Gasteiger partial charge in [-0.2, -0.15) is 0 Å². The summed E-state index contributed by atoms with van der Waals surface area (Å²) in [5.41, 5.74) is 1.64. The molecule has 1 aliphatic rings. The van der Waals surface area contributed by atoms with Gasteiger partial charge in [-0.3, -0.25) is 10.3 Å². The third-order valence-electron chi connectivity index (χ3n) is 4.92. The van der Waals surface area contributed by atoms with Gasteiger partial charge in [-0.05, 0) is 32.0 Å². The number of aliphatic imine (C=N–C) groups is 1. The number of amidine groups is 1. The Morgan fingerprint density at radius 2 is 2.03 bits per heavy atom. The molecule has 6 nitrogen and oxygen atoms in total. The van der Waals surface area contributed by atoms with Crippen LogP contribution in [0.15, 0.2) is 27.6 Å². The van der Waals surface area contributed by atoms with Gasteiger partial charge in [0.1, 0.15) is 36.7 Å². The number of halogens is 2. The van der Waals surface area contributed by atoms with E-state index in [4.69, 9.17) is 0 Å². The molecule has 0 saturated carbocycles. The van der Waals surface area contributed by atoms with Crippen LogP contribution in [-0.2, 0) is 15.3 Å². The van der Waals surface area contributed by atoms with Gasteiger partial charge in [-0.15, -0.1) is 5.54 Å². The molecule has 0 unspecified atom stereocenters. The molecule has 0 aliphatic carbocycles. The highest BCUT2D eigenvalue weighted by molar-refractivity contribution is 7.95. The van der Waals surface area contributed by atoms with E-state index in [-0.39, 0.29) is 17.2 Å². The van der Waals surface area contributed by atoms with Crippen molar-refractivity contribution in [2.45, 2.75) is 43.8 Å². The highest BCUT2D eigenvalue weighted by Crippen LogP contribution is 2.40. The molecule has 2 atom stereocenters. The zero-order chi connectivity index (χ0) is 23.0. The molecule has 2 N–H and O–H groups in total. The molecule has 164 valence electrons. The van der Waals surface area contributed by atoms with Crippen LogP contribution in [0.1, 0.15) is 25.0 Å². The smallest absolute Gasteiger partial charge is 0.410 e.